The highest BCUT2D eigenvalue weighted by molar-refractivity contribution is 7.98. The number of anilines is 1. The highest BCUT2D eigenvalue weighted by Crippen LogP contribution is 2.25. The molecule has 0 spiro atoms. The number of sulfonamides is 1. The summed E-state index contributed by atoms with van der Waals surface area (Å²) in [4.78, 5) is 13.6. The Morgan fingerprint density at radius 2 is 1.66 bits per heavy atom. The molecule has 3 rings (SSSR count). The number of hydrogen-bond donors (Lipinski definition) is 1. The minimum atomic E-state index is -3.97. The molecule has 0 aromatic heterocycles. The van der Waals surface area contributed by atoms with Crippen LogP contribution in [0.3, 0.4) is 0 Å². The van der Waals surface area contributed by atoms with Gasteiger partial charge in [-0.05, 0) is 67.3 Å². The molecule has 0 radical (unpaired) electrons. The predicted molar refractivity (Wildman–Crippen MR) is 131 cm³/mol. The molecular formula is C23H22ClN3O3S2. The first-order valence-corrected chi connectivity index (χ1v) is 12.6. The summed E-state index contributed by atoms with van der Waals surface area (Å²) in [7, 11) is -3.97. The quantitative estimate of drug-likeness (QED) is 0.283. The maximum absolute atomic E-state index is 13.4. The molecule has 166 valence electrons. The van der Waals surface area contributed by atoms with Crippen molar-refractivity contribution >= 4 is 51.2 Å². The molecule has 32 heavy (non-hydrogen) atoms. The highest BCUT2D eigenvalue weighted by Gasteiger charge is 2.27. The van der Waals surface area contributed by atoms with Gasteiger partial charge in [-0.2, -0.15) is 5.10 Å². The fraction of sp³-hybridized carbons (Fsp3) is 0.130. The van der Waals surface area contributed by atoms with E-state index in [0.29, 0.717) is 10.7 Å². The number of halogens is 1. The van der Waals surface area contributed by atoms with Gasteiger partial charge in [0.15, 0.2) is 0 Å². The number of nitrogens with one attached hydrogen (secondary N) is 1. The number of carbonyl (C=O) groups is 1. The van der Waals surface area contributed by atoms with Crippen molar-refractivity contribution < 1.29 is 13.2 Å². The summed E-state index contributed by atoms with van der Waals surface area (Å²) >= 11 is 7.37. The minimum Gasteiger partial charge on any atom is -0.271 e. The summed E-state index contributed by atoms with van der Waals surface area (Å²) in [6.45, 7) is 1.48. The van der Waals surface area contributed by atoms with E-state index in [4.69, 9.17) is 11.6 Å². The van der Waals surface area contributed by atoms with Gasteiger partial charge in [0, 0.05) is 9.92 Å². The molecular weight excluding hydrogens is 466 g/mol. The maximum Gasteiger partial charge on any atom is 0.264 e. The summed E-state index contributed by atoms with van der Waals surface area (Å²) in [5, 5.41) is 4.51. The van der Waals surface area contributed by atoms with Crippen molar-refractivity contribution in [3.8, 4) is 0 Å². The van der Waals surface area contributed by atoms with E-state index in [1.807, 2.05) is 13.2 Å². The molecule has 3 aromatic carbocycles. The van der Waals surface area contributed by atoms with Crippen LogP contribution in [0.25, 0.3) is 0 Å². The second-order valence-corrected chi connectivity index (χ2v) is 10.0. The second kappa shape index (κ2) is 10.7. The van der Waals surface area contributed by atoms with Crippen LogP contribution in [-0.2, 0) is 14.8 Å². The molecule has 0 unspecified atom stereocenters. The molecule has 9 heteroatoms. The van der Waals surface area contributed by atoms with Crippen LogP contribution in [-0.4, -0.2) is 33.3 Å². The first-order valence-electron chi connectivity index (χ1n) is 9.60. The number of thioether (sulfide) groups is 1. The van der Waals surface area contributed by atoms with Gasteiger partial charge in [-0.15, -0.1) is 11.8 Å². The van der Waals surface area contributed by atoms with Crippen molar-refractivity contribution in [1.29, 1.82) is 0 Å². The zero-order valence-corrected chi connectivity index (χ0v) is 19.9. The topological polar surface area (TPSA) is 78.8 Å². The maximum atomic E-state index is 13.4. The molecule has 0 atom stereocenters. The number of aryl methyl sites for hydroxylation is 1. The fourth-order valence-electron chi connectivity index (χ4n) is 2.79. The number of rotatable bonds is 8. The van der Waals surface area contributed by atoms with Crippen molar-refractivity contribution in [2.45, 2.75) is 16.7 Å². The van der Waals surface area contributed by atoms with Gasteiger partial charge in [0.05, 0.1) is 16.8 Å². The zero-order chi connectivity index (χ0) is 23.1. The Morgan fingerprint density at radius 3 is 2.25 bits per heavy atom. The van der Waals surface area contributed by atoms with Crippen LogP contribution in [0.1, 0.15) is 11.1 Å². The van der Waals surface area contributed by atoms with Crippen LogP contribution >= 0.6 is 23.4 Å². The van der Waals surface area contributed by atoms with Gasteiger partial charge in [0.1, 0.15) is 6.54 Å². The van der Waals surface area contributed by atoms with Crippen molar-refractivity contribution in [2.24, 2.45) is 5.10 Å². The summed E-state index contributed by atoms with van der Waals surface area (Å²) in [6.07, 6.45) is 3.37. The lowest BCUT2D eigenvalue weighted by Crippen LogP contribution is -2.39. The Kier molecular flexibility index (Phi) is 7.95. The first-order chi connectivity index (χ1) is 15.3. The van der Waals surface area contributed by atoms with Gasteiger partial charge in [0.25, 0.3) is 15.9 Å². The summed E-state index contributed by atoms with van der Waals surface area (Å²) < 4.78 is 27.8. The Labute approximate surface area is 197 Å². The Morgan fingerprint density at radius 1 is 1.03 bits per heavy atom. The van der Waals surface area contributed by atoms with E-state index in [1.165, 1.54) is 18.0 Å². The molecule has 0 fully saturated rings. The molecule has 6 nitrogen and oxygen atoms in total. The number of hydrogen-bond acceptors (Lipinski definition) is 5. The van der Waals surface area contributed by atoms with Crippen molar-refractivity contribution in [3.63, 3.8) is 0 Å². The summed E-state index contributed by atoms with van der Waals surface area (Å²) in [5.74, 6) is -0.569. The standard InChI is InChI=1S/C23H22ClN3O3S2/c1-17-3-9-20(10-4-17)27(32(29,30)22-13-11-21(31-2)12-14-22)16-23(28)26-25-15-18-5-7-19(24)8-6-18/h3-15H,16H2,1-2H3,(H,26,28)/b25-15-. The summed E-state index contributed by atoms with van der Waals surface area (Å²) in [5.41, 5.74) is 4.50. The van der Waals surface area contributed by atoms with Gasteiger partial charge in [-0.1, -0.05) is 41.4 Å². The summed E-state index contributed by atoms with van der Waals surface area (Å²) in [6, 6.07) is 20.4. The zero-order valence-electron chi connectivity index (χ0n) is 17.5. The lowest BCUT2D eigenvalue weighted by Gasteiger charge is -2.24. The normalized spacial score (nSPS) is 11.5. The van der Waals surface area contributed by atoms with Crippen LogP contribution in [0.15, 0.2) is 87.7 Å². The van der Waals surface area contributed by atoms with Crippen LogP contribution in [0, 0.1) is 6.92 Å². The van der Waals surface area contributed by atoms with Gasteiger partial charge in [-0.3, -0.25) is 9.10 Å². The Hall–Kier alpha value is -2.81. The molecule has 3 aromatic rings. The van der Waals surface area contributed by atoms with E-state index < -0.39 is 22.5 Å². The molecule has 0 bridgehead atoms. The van der Waals surface area contributed by atoms with Gasteiger partial charge in [-0.25, -0.2) is 13.8 Å². The third kappa shape index (κ3) is 6.12. The number of carbonyl (C=O) groups excluding carboxylic acids is 1. The third-order valence-corrected chi connectivity index (χ3v) is 7.31. The lowest BCUT2D eigenvalue weighted by atomic mass is 10.2. The van der Waals surface area contributed by atoms with E-state index in [0.717, 1.165) is 20.3 Å². The van der Waals surface area contributed by atoms with E-state index >= 15 is 0 Å². The van der Waals surface area contributed by atoms with Gasteiger partial charge >= 0.3 is 0 Å². The van der Waals surface area contributed by atoms with Gasteiger partial charge < -0.3 is 0 Å². The smallest absolute Gasteiger partial charge is 0.264 e. The first kappa shape index (κ1) is 23.8. The molecule has 0 aliphatic rings. The van der Waals surface area contributed by atoms with Crippen molar-refractivity contribution in [2.75, 3.05) is 17.1 Å². The van der Waals surface area contributed by atoms with E-state index in [1.54, 1.807) is 72.8 Å². The average molecular weight is 488 g/mol. The lowest BCUT2D eigenvalue weighted by molar-refractivity contribution is -0.119. The largest absolute Gasteiger partial charge is 0.271 e. The fourth-order valence-corrected chi connectivity index (χ4v) is 4.75. The monoisotopic (exact) mass is 487 g/mol. The van der Waals surface area contributed by atoms with Crippen LogP contribution < -0.4 is 9.73 Å². The molecule has 0 saturated carbocycles. The Bertz CT molecular complexity index is 1190. The van der Waals surface area contributed by atoms with E-state index in [9.17, 15) is 13.2 Å². The van der Waals surface area contributed by atoms with Crippen LogP contribution in [0.4, 0.5) is 5.69 Å². The minimum absolute atomic E-state index is 0.105. The van der Waals surface area contributed by atoms with Crippen LogP contribution in [0.2, 0.25) is 5.02 Å². The predicted octanol–water partition coefficient (Wildman–Crippen LogP) is 4.72. The molecule has 0 aliphatic carbocycles. The molecule has 0 heterocycles. The highest BCUT2D eigenvalue weighted by atomic mass is 35.5. The second-order valence-electron chi connectivity index (χ2n) is 6.87. The van der Waals surface area contributed by atoms with Gasteiger partial charge in [0.2, 0.25) is 0 Å². The molecule has 0 saturated heterocycles. The number of hydrazone groups is 1. The van der Waals surface area contributed by atoms with Crippen molar-refractivity contribution in [1.82, 2.24) is 5.43 Å². The average Bonchev–Trinajstić information content (AvgIpc) is 2.79. The number of benzene rings is 3. The number of nitrogens with zero attached hydrogens (tertiary/aromatic N) is 2. The third-order valence-electron chi connectivity index (χ3n) is 4.53. The van der Waals surface area contributed by atoms with Crippen LogP contribution in [0.5, 0.6) is 0 Å². The van der Waals surface area contributed by atoms with E-state index in [2.05, 4.69) is 10.5 Å². The molecule has 0 aliphatic heterocycles. The van der Waals surface area contributed by atoms with E-state index in [-0.39, 0.29) is 4.90 Å². The Balaban J connectivity index is 1.83. The molecule has 1 N–H and O–H groups in total. The van der Waals surface area contributed by atoms with Crippen molar-refractivity contribution in [3.05, 3.63) is 88.9 Å². The number of amides is 1. The molecule has 1 amide bonds. The SMILES string of the molecule is CSc1ccc(S(=O)(=O)N(CC(=O)N/N=C\c2ccc(Cl)cc2)c2ccc(C)cc2)cc1.